The molecule has 39 heavy (non-hydrogen) atoms. The first-order valence-electron chi connectivity index (χ1n) is 14.8. The van der Waals surface area contributed by atoms with Gasteiger partial charge >= 0.3 is 5.97 Å². The number of likely N-dealkylation sites (tertiary alicyclic amines) is 1. The van der Waals surface area contributed by atoms with E-state index >= 15 is 0 Å². The lowest BCUT2D eigenvalue weighted by atomic mass is 9.83. The second-order valence-electron chi connectivity index (χ2n) is 13.1. The van der Waals surface area contributed by atoms with Gasteiger partial charge in [0, 0.05) is 31.5 Å². The highest BCUT2D eigenvalue weighted by Gasteiger charge is 2.45. The summed E-state index contributed by atoms with van der Waals surface area (Å²) in [6.07, 6.45) is 5.85. The number of rotatable bonds is 10. The van der Waals surface area contributed by atoms with Crippen LogP contribution in [0.5, 0.6) is 5.75 Å². The molecule has 2 aromatic carbocycles. The minimum atomic E-state index is -1.88. The topological polar surface area (TPSA) is 48.0 Å². The van der Waals surface area contributed by atoms with Gasteiger partial charge in [0.25, 0.3) is 0 Å². The highest BCUT2D eigenvalue weighted by atomic mass is 28.4. The van der Waals surface area contributed by atoms with Gasteiger partial charge in [-0.1, -0.05) is 82.5 Å². The van der Waals surface area contributed by atoms with Crippen molar-refractivity contribution >= 4 is 14.3 Å². The molecular formula is C33H49NO4Si. The highest BCUT2D eigenvalue weighted by Crippen LogP contribution is 2.41. The molecule has 5 nitrogen and oxygen atoms in total. The van der Waals surface area contributed by atoms with Crippen molar-refractivity contribution in [3.63, 3.8) is 0 Å². The Morgan fingerprint density at radius 1 is 0.974 bits per heavy atom. The molecule has 2 fully saturated rings. The summed E-state index contributed by atoms with van der Waals surface area (Å²) in [6.45, 7) is 14.3. The quantitative estimate of drug-likeness (QED) is 0.227. The maximum Gasteiger partial charge on any atom is 0.323 e. The molecule has 214 valence electrons. The average molecular weight is 552 g/mol. The van der Waals surface area contributed by atoms with Crippen molar-refractivity contribution < 1.29 is 18.7 Å². The Kier molecular flexibility index (Phi) is 9.95. The summed E-state index contributed by atoms with van der Waals surface area (Å²) in [4.78, 5) is 16.3. The summed E-state index contributed by atoms with van der Waals surface area (Å²) in [5, 5.41) is 0.170. The van der Waals surface area contributed by atoms with Crippen molar-refractivity contribution in [2.24, 2.45) is 11.8 Å². The third-order valence-corrected chi connectivity index (χ3v) is 13.9. The van der Waals surface area contributed by atoms with E-state index in [1.54, 1.807) is 7.11 Å². The van der Waals surface area contributed by atoms with Crippen molar-refractivity contribution in [1.82, 2.24) is 4.90 Å². The summed E-state index contributed by atoms with van der Waals surface area (Å²) in [5.74, 6) is 1.77. The van der Waals surface area contributed by atoms with Gasteiger partial charge in [-0.3, -0.25) is 9.69 Å². The van der Waals surface area contributed by atoms with Crippen LogP contribution in [0.2, 0.25) is 18.1 Å². The van der Waals surface area contributed by atoms with Crippen LogP contribution in [0.25, 0.3) is 0 Å². The van der Waals surface area contributed by atoms with E-state index in [4.69, 9.17) is 13.9 Å². The lowest BCUT2D eigenvalue weighted by Crippen LogP contribution is -2.47. The highest BCUT2D eigenvalue weighted by molar-refractivity contribution is 6.74. The standard InChI is InChI=1S/C33H49NO4Si/c1-33(2,3)39(5,6)38-24-28-21-34(22-30(28)26-13-9-7-10-14-26)31(27-15-11-8-12-16-27)32(35)37-23-25-17-19-29(36-4)20-18-25/h7,9-10,13-14,17-20,27-28,30-31H,8,11-12,15-16,21-24H2,1-6H3/t28-,30-,31?/m1/s1. The number of hydrogen-bond donors (Lipinski definition) is 0. The van der Waals surface area contributed by atoms with Gasteiger partial charge in [0.15, 0.2) is 8.32 Å². The fourth-order valence-corrected chi connectivity index (χ4v) is 7.03. The van der Waals surface area contributed by atoms with Crippen molar-refractivity contribution in [1.29, 1.82) is 0 Å². The summed E-state index contributed by atoms with van der Waals surface area (Å²) in [7, 11) is -0.223. The minimum absolute atomic E-state index is 0.0736. The van der Waals surface area contributed by atoms with Crippen LogP contribution < -0.4 is 4.74 Å². The molecule has 0 N–H and O–H groups in total. The molecule has 0 spiro atoms. The van der Waals surface area contributed by atoms with E-state index in [2.05, 4.69) is 69.1 Å². The van der Waals surface area contributed by atoms with Crippen LogP contribution in [0.4, 0.5) is 0 Å². The molecule has 2 aromatic rings. The fraction of sp³-hybridized carbons (Fsp3) is 0.606. The van der Waals surface area contributed by atoms with Crippen LogP contribution in [-0.4, -0.2) is 52.0 Å². The normalized spacial score (nSPS) is 22.0. The Morgan fingerprint density at radius 3 is 2.26 bits per heavy atom. The van der Waals surface area contributed by atoms with Crippen LogP contribution in [0.15, 0.2) is 54.6 Å². The zero-order valence-electron chi connectivity index (χ0n) is 24.9. The van der Waals surface area contributed by atoms with Crippen LogP contribution in [0.1, 0.15) is 69.9 Å². The van der Waals surface area contributed by atoms with Gasteiger partial charge in [0.1, 0.15) is 18.4 Å². The molecule has 0 amide bonds. The smallest absolute Gasteiger partial charge is 0.323 e. The number of carbonyl (C=O) groups excluding carboxylic acids is 1. The molecule has 1 saturated heterocycles. The van der Waals surface area contributed by atoms with E-state index in [0.29, 0.717) is 24.4 Å². The minimum Gasteiger partial charge on any atom is -0.497 e. The van der Waals surface area contributed by atoms with Crippen LogP contribution in [-0.2, 0) is 20.6 Å². The van der Waals surface area contributed by atoms with E-state index in [-0.39, 0.29) is 17.0 Å². The average Bonchev–Trinajstić information content (AvgIpc) is 3.35. The first kappa shape index (κ1) is 29.8. The summed E-state index contributed by atoms with van der Waals surface area (Å²) in [5.41, 5.74) is 2.33. The van der Waals surface area contributed by atoms with Crippen LogP contribution >= 0.6 is 0 Å². The molecule has 0 aromatic heterocycles. The van der Waals surface area contributed by atoms with Crippen molar-refractivity contribution in [2.75, 3.05) is 26.8 Å². The van der Waals surface area contributed by atoms with Gasteiger partial charge in [-0.2, -0.15) is 0 Å². The summed E-state index contributed by atoms with van der Waals surface area (Å²) >= 11 is 0. The first-order valence-corrected chi connectivity index (χ1v) is 17.7. The van der Waals surface area contributed by atoms with Gasteiger partial charge in [-0.15, -0.1) is 0 Å². The van der Waals surface area contributed by atoms with Gasteiger partial charge in [0.2, 0.25) is 0 Å². The summed E-state index contributed by atoms with van der Waals surface area (Å²) < 4.78 is 18.1. The van der Waals surface area contributed by atoms with Gasteiger partial charge < -0.3 is 13.9 Å². The molecule has 1 saturated carbocycles. The summed E-state index contributed by atoms with van der Waals surface area (Å²) in [6, 6.07) is 18.4. The van der Waals surface area contributed by atoms with E-state index in [0.717, 1.165) is 43.9 Å². The molecule has 6 heteroatoms. The Bertz CT molecular complexity index is 1040. The second-order valence-corrected chi connectivity index (χ2v) is 17.9. The van der Waals surface area contributed by atoms with Crippen molar-refractivity contribution in [3.8, 4) is 5.75 Å². The number of nitrogens with zero attached hydrogens (tertiary/aromatic N) is 1. The lowest BCUT2D eigenvalue weighted by Gasteiger charge is -2.37. The first-order chi connectivity index (χ1) is 18.6. The molecule has 2 aliphatic rings. The second kappa shape index (κ2) is 13.0. The van der Waals surface area contributed by atoms with E-state index in [1.165, 1.54) is 24.8 Å². The predicted octanol–water partition coefficient (Wildman–Crippen LogP) is 7.42. The Labute approximate surface area is 237 Å². The SMILES string of the molecule is COc1ccc(COC(=O)C(C2CCCCC2)N2C[C@H](CO[Si](C)(C)C(C)(C)C)[C@@H](c3ccccc3)C2)cc1. The van der Waals surface area contributed by atoms with Gasteiger partial charge in [-0.05, 0) is 60.2 Å². The van der Waals surface area contributed by atoms with Crippen molar-refractivity contribution in [3.05, 3.63) is 65.7 Å². The molecule has 0 bridgehead atoms. The maximum absolute atomic E-state index is 13.8. The number of esters is 1. The molecule has 0 radical (unpaired) electrons. The number of ether oxygens (including phenoxy) is 2. The third-order valence-electron chi connectivity index (χ3n) is 9.43. The molecule has 1 heterocycles. The van der Waals surface area contributed by atoms with Gasteiger partial charge in [-0.25, -0.2) is 0 Å². The maximum atomic E-state index is 13.8. The number of carbonyl (C=O) groups is 1. The molecule has 3 atom stereocenters. The molecule has 1 aliphatic heterocycles. The third kappa shape index (κ3) is 7.53. The Balaban J connectivity index is 1.53. The van der Waals surface area contributed by atoms with Crippen LogP contribution in [0, 0.1) is 11.8 Å². The monoisotopic (exact) mass is 551 g/mol. The predicted molar refractivity (Wildman–Crippen MR) is 161 cm³/mol. The van der Waals surface area contributed by atoms with E-state index in [1.807, 2.05) is 24.3 Å². The van der Waals surface area contributed by atoms with E-state index < -0.39 is 8.32 Å². The van der Waals surface area contributed by atoms with Crippen molar-refractivity contribution in [2.45, 2.75) is 89.6 Å². The lowest BCUT2D eigenvalue weighted by molar-refractivity contribution is -0.154. The number of hydrogen-bond acceptors (Lipinski definition) is 5. The molecule has 4 rings (SSSR count). The number of methoxy groups -OCH3 is 1. The molecule has 1 aliphatic carbocycles. The zero-order valence-corrected chi connectivity index (χ0v) is 25.9. The number of benzene rings is 2. The zero-order chi connectivity index (χ0) is 28.0. The Morgan fingerprint density at radius 2 is 1.64 bits per heavy atom. The molecule has 1 unspecified atom stereocenters. The fourth-order valence-electron chi connectivity index (χ4n) is 5.96. The largest absolute Gasteiger partial charge is 0.497 e. The van der Waals surface area contributed by atoms with Gasteiger partial charge in [0.05, 0.1) is 7.11 Å². The Hall–Kier alpha value is -2.15. The van der Waals surface area contributed by atoms with E-state index in [9.17, 15) is 4.79 Å². The molecular weight excluding hydrogens is 502 g/mol. The van der Waals surface area contributed by atoms with Crippen LogP contribution in [0.3, 0.4) is 0 Å².